The number of carbonyl (C=O) groups excluding carboxylic acids is 1. The molecule has 1 saturated heterocycles. The minimum atomic E-state index is 0.0370. The molecule has 6 nitrogen and oxygen atoms in total. The van der Waals surface area contributed by atoms with Crippen LogP contribution in [0.15, 0.2) is 79.1 Å². The number of benzene rings is 2. The van der Waals surface area contributed by atoms with Gasteiger partial charge in [-0.25, -0.2) is 4.98 Å². The lowest BCUT2D eigenvalue weighted by molar-refractivity contribution is 0.0746. The van der Waals surface area contributed by atoms with Gasteiger partial charge < -0.3 is 14.5 Å². The molecule has 0 N–H and O–H groups in total. The van der Waals surface area contributed by atoms with E-state index in [1.54, 1.807) is 25.6 Å². The van der Waals surface area contributed by atoms with Crippen LogP contribution in [0.2, 0.25) is 0 Å². The fourth-order valence-corrected chi connectivity index (χ4v) is 4.15. The fourth-order valence-electron chi connectivity index (χ4n) is 4.15. The van der Waals surface area contributed by atoms with Crippen molar-refractivity contribution < 1.29 is 9.53 Å². The van der Waals surface area contributed by atoms with Crippen LogP contribution < -0.4 is 9.64 Å². The second-order valence-electron chi connectivity index (χ2n) is 7.79. The lowest BCUT2D eigenvalue weighted by Crippen LogP contribution is -2.49. The number of anilines is 1. The molecule has 2 aromatic carbocycles. The summed E-state index contributed by atoms with van der Waals surface area (Å²) in [6, 6.07) is 21.8. The zero-order chi connectivity index (χ0) is 21.9. The Hall–Kier alpha value is -3.93. The molecule has 1 fully saturated rings. The standard InChI is InChI=1S/C26H24N4O2/c1-32-22-6-2-5-21(18-22)26(31)30-16-14-29(15-17-30)24-9-8-20-4-3-7-23(25(20)28-24)19-10-12-27-13-11-19/h2-13,18H,14-17H2,1H3. The minimum absolute atomic E-state index is 0.0370. The third kappa shape index (κ3) is 3.87. The molecule has 4 aromatic rings. The summed E-state index contributed by atoms with van der Waals surface area (Å²) in [5, 5.41) is 1.11. The quantitative estimate of drug-likeness (QED) is 0.490. The van der Waals surface area contributed by atoms with Crippen molar-refractivity contribution in [2.45, 2.75) is 0 Å². The number of nitrogens with zero attached hydrogens (tertiary/aromatic N) is 4. The van der Waals surface area contributed by atoms with Crippen LogP contribution in [0.1, 0.15) is 10.4 Å². The van der Waals surface area contributed by atoms with Crippen molar-refractivity contribution in [3.8, 4) is 16.9 Å². The number of fused-ring (bicyclic) bond motifs is 1. The first-order valence-electron chi connectivity index (χ1n) is 10.7. The second kappa shape index (κ2) is 8.67. The third-order valence-electron chi connectivity index (χ3n) is 5.90. The van der Waals surface area contributed by atoms with Crippen LogP contribution in [0, 0.1) is 0 Å². The van der Waals surface area contributed by atoms with E-state index in [1.165, 1.54) is 0 Å². The first-order chi connectivity index (χ1) is 15.7. The van der Waals surface area contributed by atoms with Crippen molar-refractivity contribution >= 4 is 22.6 Å². The van der Waals surface area contributed by atoms with Gasteiger partial charge in [0.1, 0.15) is 11.6 Å². The van der Waals surface area contributed by atoms with Gasteiger partial charge in [-0.2, -0.15) is 0 Å². The number of hydrogen-bond donors (Lipinski definition) is 0. The number of piperazine rings is 1. The Bertz CT molecular complexity index is 1250. The van der Waals surface area contributed by atoms with Crippen LogP contribution in [0.3, 0.4) is 0 Å². The van der Waals surface area contributed by atoms with E-state index >= 15 is 0 Å². The highest BCUT2D eigenvalue weighted by Gasteiger charge is 2.23. The fraction of sp³-hybridized carbons (Fsp3) is 0.192. The highest BCUT2D eigenvalue weighted by molar-refractivity contribution is 5.95. The van der Waals surface area contributed by atoms with Gasteiger partial charge in [0.05, 0.1) is 12.6 Å². The molecule has 0 radical (unpaired) electrons. The average Bonchev–Trinajstić information content (AvgIpc) is 2.88. The summed E-state index contributed by atoms with van der Waals surface area (Å²) in [6.45, 7) is 2.79. The van der Waals surface area contributed by atoms with Gasteiger partial charge in [-0.05, 0) is 48.0 Å². The average molecular weight is 425 g/mol. The lowest BCUT2D eigenvalue weighted by Gasteiger charge is -2.35. The maximum atomic E-state index is 12.9. The molecule has 32 heavy (non-hydrogen) atoms. The zero-order valence-electron chi connectivity index (χ0n) is 17.9. The molecular formula is C26H24N4O2. The molecule has 2 aromatic heterocycles. The molecule has 1 aliphatic heterocycles. The SMILES string of the molecule is COc1cccc(C(=O)N2CCN(c3ccc4cccc(-c5ccncc5)c4n3)CC2)c1. The van der Waals surface area contributed by atoms with Crippen LogP contribution in [0.25, 0.3) is 22.0 Å². The Morgan fingerprint density at radius 3 is 2.47 bits per heavy atom. The van der Waals surface area contributed by atoms with E-state index in [9.17, 15) is 4.79 Å². The Balaban J connectivity index is 1.35. The summed E-state index contributed by atoms with van der Waals surface area (Å²) < 4.78 is 5.25. The number of hydrogen-bond acceptors (Lipinski definition) is 5. The number of ether oxygens (including phenoxy) is 1. The van der Waals surface area contributed by atoms with Crippen LogP contribution in [0.5, 0.6) is 5.75 Å². The van der Waals surface area contributed by atoms with Crippen LogP contribution in [-0.4, -0.2) is 54.1 Å². The normalized spacial score (nSPS) is 13.9. The van der Waals surface area contributed by atoms with Gasteiger partial charge in [-0.1, -0.05) is 24.3 Å². The van der Waals surface area contributed by atoms with Crippen molar-refractivity contribution in [3.05, 3.63) is 84.7 Å². The molecule has 0 atom stereocenters. The molecule has 0 aliphatic carbocycles. The molecule has 3 heterocycles. The number of carbonyl (C=O) groups is 1. The minimum Gasteiger partial charge on any atom is -0.497 e. The number of methoxy groups -OCH3 is 1. The van der Waals surface area contributed by atoms with E-state index in [1.807, 2.05) is 35.2 Å². The molecule has 1 aliphatic rings. The molecule has 5 rings (SSSR count). The van der Waals surface area contributed by atoms with Crippen LogP contribution in [-0.2, 0) is 0 Å². The molecule has 0 unspecified atom stereocenters. The highest BCUT2D eigenvalue weighted by Crippen LogP contribution is 2.29. The van der Waals surface area contributed by atoms with Crippen molar-refractivity contribution in [2.24, 2.45) is 0 Å². The van der Waals surface area contributed by atoms with E-state index in [2.05, 4.69) is 40.2 Å². The summed E-state index contributed by atoms with van der Waals surface area (Å²) >= 11 is 0. The molecule has 0 bridgehead atoms. The second-order valence-corrected chi connectivity index (χ2v) is 7.79. The number of para-hydroxylation sites is 1. The predicted molar refractivity (Wildman–Crippen MR) is 126 cm³/mol. The van der Waals surface area contributed by atoms with E-state index in [4.69, 9.17) is 9.72 Å². The predicted octanol–water partition coefficient (Wildman–Crippen LogP) is 4.27. The Kier molecular flexibility index (Phi) is 5.42. The summed E-state index contributed by atoms with van der Waals surface area (Å²) in [7, 11) is 1.61. The van der Waals surface area contributed by atoms with Gasteiger partial charge >= 0.3 is 0 Å². The smallest absolute Gasteiger partial charge is 0.254 e. The van der Waals surface area contributed by atoms with Crippen molar-refractivity contribution in [2.75, 3.05) is 38.2 Å². The van der Waals surface area contributed by atoms with E-state index < -0.39 is 0 Å². The third-order valence-corrected chi connectivity index (χ3v) is 5.90. The van der Waals surface area contributed by atoms with Crippen molar-refractivity contribution in [3.63, 3.8) is 0 Å². The van der Waals surface area contributed by atoms with Crippen LogP contribution >= 0.6 is 0 Å². The van der Waals surface area contributed by atoms with Crippen LogP contribution in [0.4, 0.5) is 5.82 Å². The van der Waals surface area contributed by atoms with Gasteiger partial charge in [0.2, 0.25) is 0 Å². The van der Waals surface area contributed by atoms with Gasteiger partial charge in [0.25, 0.3) is 5.91 Å². The largest absolute Gasteiger partial charge is 0.497 e. The Labute approximate surface area is 187 Å². The molecule has 160 valence electrons. The summed E-state index contributed by atoms with van der Waals surface area (Å²) in [5.74, 6) is 1.67. The monoisotopic (exact) mass is 424 g/mol. The first kappa shape index (κ1) is 20.0. The van der Waals surface area contributed by atoms with E-state index in [0.29, 0.717) is 24.4 Å². The Morgan fingerprint density at radius 1 is 0.906 bits per heavy atom. The van der Waals surface area contributed by atoms with Crippen molar-refractivity contribution in [1.29, 1.82) is 0 Å². The topological polar surface area (TPSA) is 58.6 Å². The molecular weight excluding hydrogens is 400 g/mol. The van der Waals surface area contributed by atoms with E-state index in [0.717, 1.165) is 40.9 Å². The van der Waals surface area contributed by atoms with E-state index in [-0.39, 0.29) is 5.91 Å². The number of aromatic nitrogens is 2. The lowest BCUT2D eigenvalue weighted by atomic mass is 10.0. The maximum Gasteiger partial charge on any atom is 0.254 e. The summed E-state index contributed by atoms with van der Waals surface area (Å²) in [5.41, 5.74) is 3.83. The number of rotatable bonds is 4. The van der Waals surface area contributed by atoms with Gasteiger partial charge in [-0.3, -0.25) is 9.78 Å². The molecule has 1 amide bonds. The highest BCUT2D eigenvalue weighted by atomic mass is 16.5. The van der Waals surface area contributed by atoms with Gasteiger partial charge in [0, 0.05) is 55.1 Å². The molecule has 0 spiro atoms. The number of pyridine rings is 2. The first-order valence-corrected chi connectivity index (χ1v) is 10.7. The Morgan fingerprint density at radius 2 is 1.69 bits per heavy atom. The maximum absolute atomic E-state index is 12.9. The van der Waals surface area contributed by atoms with Gasteiger partial charge in [0.15, 0.2) is 0 Å². The summed E-state index contributed by atoms with van der Waals surface area (Å²) in [4.78, 5) is 26.2. The number of amides is 1. The molecule has 6 heteroatoms. The molecule has 0 saturated carbocycles. The zero-order valence-corrected chi connectivity index (χ0v) is 17.9. The van der Waals surface area contributed by atoms with Gasteiger partial charge in [-0.15, -0.1) is 0 Å². The summed E-state index contributed by atoms with van der Waals surface area (Å²) in [6.07, 6.45) is 3.60. The van der Waals surface area contributed by atoms with Crippen molar-refractivity contribution in [1.82, 2.24) is 14.9 Å².